The summed E-state index contributed by atoms with van der Waals surface area (Å²) < 4.78 is 7.73. The third-order valence-corrected chi connectivity index (χ3v) is 5.64. The molecule has 0 radical (unpaired) electrons. The lowest BCUT2D eigenvalue weighted by atomic mass is 9.92. The van der Waals surface area contributed by atoms with Crippen LogP contribution in [-0.4, -0.2) is 36.2 Å². The summed E-state index contributed by atoms with van der Waals surface area (Å²) >= 11 is 0. The third-order valence-electron chi connectivity index (χ3n) is 5.64. The molecule has 2 heterocycles. The van der Waals surface area contributed by atoms with Crippen LogP contribution in [0.4, 0.5) is 5.69 Å². The van der Waals surface area contributed by atoms with Gasteiger partial charge < -0.3 is 4.74 Å². The van der Waals surface area contributed by atoms with E-state index in [9.17, 15) is 10.1 Å². The summed E-state index contributed by atoms with van der Waals surface area (Å²) in [5, 5.41) is 27.3. The highest BCUT2D eigenvalue weighted by Crippen LogP contribution is 2.34. The highest BCUT2D eigenvalue weighted by molar-refractivity contribution is 5.44. The molecule has 3 aromatic rings. The molecule has 1 fully saturated rings. The maximum atomic E-state index is 11.3. The number of nitro groups is 1. The summed E-state index contributed by atoms with van der Waals surface area (Å²) in [5.41, 5.74) is 2.45. The lowest BCUT2D eigenvalue weighted by molar-refractivity contribution is -0.385. The number of ether oxygens (including phenoxy) is 1. The molecule has 168 valence electrons. The number of aromatic nitrogens is 5. The lowest BCUT2D eigenvalue weighted by Crippen LogP contribution is -2.29. The van der Waals surface area contributed by atoms with Crippen molar-refractivity contribution in [2.24, 2.45) is 0 Å². The number of nitrogens with zero attached hydrogens (tertiary/aromatic N) is 6. The Morgan fingerprint density at radius 3 is 2.78 bits per heavy atom. The first-order chi connectivity index (χ1) is 15.4. The maximum absolute atomic E-state index is 11.3. The minimum absolute atomic E-state index is 0.00249. The molecule has 1 aromatic carbocycles. The van der Waals surface area contributed by atoms with Crippen molar-refractivity contribution in [3.05, 3.63) is 69.2 Å². The van der Waals surface area contributed by atoms with Crippen LogP contribution in [0.5, 0.6) is 5.88 Å². The average molecular weight is 438 g/mol. The van der Waals surface area contributed by atoms with E-state index in [2.05, 4.69) is 25.8 Å². The minimum Gasteiger partial charge on any atom is -0.475 e. The van der Waals surface area contributed by atoms with Crippen molar-refractivity contribution < 1.29 is 9.66 Å². The van der Waals surface area contributed by atoms with Crippen molar-refractivity contribution >= 4 is 5.69 Å². The van der Waals surface area contributed by atoms with Gasteiger partial charge in [-0.15, -0.1) is 5.10 Å². The van der Waals surface area contributed by atoms with E-state index < -0.39 is 0 Å². The Morgan fingerprint density at radius 2 is 2.12 bits per heavy atom. The van der Waals surface area contributed by atoms with Crippen LogP contribution in [0.25, 0.3) is 0 Å². The summed E-state index contributed by atoms with van der Waals surface area (Å²) in [7, 11) is 0. The number of hydrogen-bond acceptors (Lipinski definition) is 8. The highest BCUT2D eigenvalue weighted by atomic mass is 16.6. The van der Waals surface area contributed by atoms with Crippen molar-refractivity contribution in [3.8, 4) is 5.88 Å². The molecule has 1 atom stereocenters. The van der Waals surface area contributed by atoms with Crippen molar-refractivity contribution in [2.45, 2.75) is 64.8 Å². The molecule has 0 bridgehead atoms. The molecule has 1 aliphatic carbocycles. The Bertz CT molecular complexity index is 1090. The largest absolute Gasteiger partial charge is 0.475 e. The van der Waals surface area contributed by atoms with Crippen molar-refractivity contribution in [3.63, 3.8) is 0 Å². The Balaban J connectivity index is 1.67. The van der Waals surface area contributed by atoms with Gasteiger partial charge in [0.15, 0.2) is 5.82 Å². The lowest BCUT2D eigenvalue weighted by Gasteiger charge is -2.28. The van der Waals surface area contributed by atoms with Gasteiger partial charge in [-0.25, -0.2) is 9.67 Å². The molecule has 0 saturated heterocycles. The standard InChI is InChI=1S/C22H27N7O3/c1-14(2)32-22-17(6-5-11-23-22)13-24-20(16-9-10-19(29(30)31)15(3)12-16)21-25-26-27-28(21)18-7-4-8-18/h5-6,9-12,14,18,20,24H,4,7-8,13H2,1-3H3. The van der Waals surface area contributed by atoms with E-state index in [1.807, 2.05) is 36.7 Å². The molecule has 0 aliphatic heterocycles. The molecule has 2 aromatic heterocycles. The molecule has 1 unspecified atom stereocenters. The predicted molar refractivity (Wildman–Crippen MR) is 117 cm³/mol. The molecule has 1 N–H and O–H groups in total. The van der Waals surface area contributed by atoms with Crippen LogP contribution in [0.2, 0.25) is 0 Å². The molecule has 1 saturated carbocycles. The molecule has 32 heavy (non-hydrogen) atoms. The quantitative estimate of drug-likeness (QED) is 0.397. The molecule has 0 spiro atoms. The van der Waals surface area contributed by atoms with Crippen molar-refractivity contribution in [2.75, 3.05) is 0 Å². The van der Waals surface area contributed by atoms with Crippen LogP contribution in [0.15, 0.2) is 36.5 Å². The van der Waals surface area contributed by atoms with E-state index in [4.69, 9.17) is 4.74 Å². The summed E-state index contributed by atoms with van der Waals surface area (Å²) in [6.45, 7) is 6.12. The number of pyridine rings is 1. The SMILES string of the molecule is Cc1cc(C(NCc2cccnc2OC(C)C)c2nnnn2C2CCC2)ccc1[N+](=O)[O-]. The first-order valence-electron chi connectivity index (χ1n) is 10.8. The van der Waals surface area contributed by atoms with Gasteiger partial charge in [-0.1, -0.05) is 12.1 Å². The number of nitrogens with one attached hydrogen (secondary N) is 1. The van der Waals surface area contributed by atoms with E-state index in [1.165, 1.54) is 6.07 Å². The zero-order valence-corrected chi connectivity index (χ0v) is 18.4. The Morgan fingerprint density at radius 1 is 1.31 bits per heavy atom. The second kappa shape index (κ2) is 9.39. The zero-order chi connectivity index (χ0) is 22.7. The molecule has 10 nitrogen and oxygen atoms in total. The molecule has 1 aliphatic rings. The summed E-state index contributed by atoms with van der Waals surface area (Å²) in [6.07, 6.45) is 4.94. The number of rotatable bonds is 9. The van der Waals surface area contributed by atoms with E-state index in [0.29, 0.717) is 23.8 Å². The highest BCUT2D eigenvalue weighted by Gasteiger charge is 2.29. The van der Waals surface area contributed by atoms with Gasteiger partial charge in [0.2, 0.25) is 5.88 Å². The topological polar surface area (TPSA) is 121 Å². The fourth-order valence-electron chi connectivity index (χ4n) is 3.80. The van der Waals surface area contributed by atoms with E-state index in [1.54, 1.807) is 19.2 Å². The monoisotopic (exact) mass is 437 g/mol. The Kier molecular flexibility index (Phi) is 6.40. The zero-order valence-electron chi connectivity index (χ0n) is 18.4. The molecule has 10 heteroatoms. The fourth-order valence-corrected chi connectivity index (χ4v) is 3.80. The van der Waals surface area contributed by atoms with Crippen LogP contribution < -0.4 is 10.1 Å². The smallest absolute Gasteiger partial charge is 0.272 e. The van der Waals surface area contributed by atoms with E-state index in [-0.39, 0.29) is 28.8 Å². The first-order valence-corrected chi connectivity index (χ1v) is 10.8. The minimum atomic E-state index is -0.370. The van der Waals surface area contributed by atoms with E-state index in [0.717, 1.165) is 30.4 Å². The van der Waals surface area contributed by atoms with Crippen molar-refractivity contribution in [1.82, 2.24) is 30.5 Å². The number of hydrogen-bond donors (Lipinski definition) is 1. The van der Waals surface area contributed by atoms with Crippen LogP contribution in [0, 0.1) is 17.0 Å². The van der Waals surface area contributed by atoms with Gasteiger partial charge in [-0.05, 0) is 68.2 Å². The van der Waals surface area contributed by atoms with Gasteiger partial charge >= 0.3 is 0 Å². The van der Waals surface area contributed by atoms with Crippen LogP contribution >= 0.6 is 0 Å². The summed E-state index contributed by atoms with van der Waals surface area (Å²) in [4.78, 5) is 15.3. The normalized spacial score (nSPS) is 14.9. The number of aryl methyl sites for hydroxylation is 1. The predicted octanol–water partition coefficient (Wildman–Crippen LogP) is 3.68. The van der Waals surface area contributed by atoms with Gasteiger partial charge in [0, 0.05) is 29.9 Å². The Labute approximate surface area is 186 Å². The number of benzene rings is 1. The first kappa shape index (κ1) is 21.8. The molecule has 4 rings (SSSR count). The summed E-state index contributed by atoms with van der Waals surface area (Å²) in [6, 6.07) is 8.88. The van der Waals surface area contributed by atoms with Gasteiger partial charge in [-0.3, -0.25) is 15.4 Å². The van der Waals surface area contributed by atoms with Crippen LogP contribution in [-0.2, 0) is 6.54 Å². The molecular formula is C22H27N7O3. The number of tetrazole rings is 1. The molecular weight excluding hydrogens is 410 g/mol. The second-order valence-corrected chi connectivity index (χ2v) is 8.32. The molecule has 0 amide bonds. The van der Waals surface area contributed by atoms with Crippen LogP contribution in [0.3, 0.4) is 0 Å². The average Bonchev–Trinajstić information content (AvgIpc) is 3.16. The van der Waals surface area contributed by atoms with Crippen LogP contribution in [0.1, 0.15) is 67.7 Å². The fraction of sp³-hybridized carbons (Fsp3) is 0.455. The van der Waals surface area contributed by atoms with Crippen molar-refractivity contribution in [1.29, 1.82) is 0 Å². The van der Waals surface area contributed by atoms with Gasteiger partial charge in [0.1, 0.15) is 0 Å². The van der Waals surface area contributed by atoms with Gasteiger partial charge in [0.25, 0.3) is 5.69 Å². The van der Waals surface area contributed by atoms with Gasteiger partial charge in [-0.2, -0.15) is 0 Å². The summed E-state index contributed by atoms with van der Waals surface area (Å²) in [5.74, 6) is 1.27. The Hall–Kier alpha value is -3.40. The second-order valence-electron chi connectivity index (χ2n) is 8.32. The van der Waals surface area contributed by atoms with Gasteiger partial charge in [0.05, 0.1) is 23.1 Å². The third kappa shape index (κ3) is 4.59. The maximum Gasteiger partial charge on any atom is 0.272 e. The number of nitro benzene ring substituents is 1. The van der Waals surface area contributed by atoms with E-state index >= 15 is 0 Å².